The van der Waals surface area contributed by atoms with E-state index in [2.05, 4.69) is 10.6 Å². The van der Waals surface area contributed by atoms with Gasteiger partial charge in [0.05, 0.1) is 17.9 Å². The van der Waals surface area contributed by atoms with Crippen molar-refractivity contribution in [3.05, 3.63) is 59.4 Å². The first-order chi connectivity index (χ1) is 12.6. The number of anilines is 2. The third-order valence-electron chi connectivity index (χ3n) is 5.05. The van der Waals surface area contributed by atoms with Crippen LogP contribution in [-0.2, 0) is 16.0 Å². The molecule has 2 amide bonds. The molecule has 2 aromatic rings. The molecule has 5 nitrogen and oxygen atoms in total. The van der Waals surface area contributed by atoms with Crippen LogP contribution in [0, 0.1) is 5.82 Å². The quantitative estimate of drug-likeness (QED) is 0.887. The van der Waals surface area contributed by atoms with Crippen molar-refractivity contribution in [2.75, 3.05) is 29.9 Å². The molecule has 1 atom stereocenters. The Morgan fingerprint density at radius 1 is 1.27 bits per heavy atom. The predicted molar refractivity (Wildman–Crippen MR) is 97.8 cm³/mol. The predicted octanol–water partition coefficient (Wildman–Crippen LogP) is 2.43. The number of carbonyl (C=O) groups excluding carboxylic acids is 2. The van der Waals surface area contributed by atoms with Crippen LogP contribution in [0.4, 0.5) is 15.8 Å². The molecule has 0 fully saturated rings. The summed E-state index contributed by atoms with van der Waals surface area (Å²) < 4.78 is 13.3. The lowest BCUT2D eigenvalue weighted by Gasteiger charge is -2.29. The Hall–Kier alpha value is -2.73. The molecular weight excluding hydrogens is 333 g/mol. The number of carbonyl (C=O) groups is 2. The molecule has 2 aromatic carbocycles. The molecule has 1 heterocycles. The van der Waals surface area contributed by atoms with Crippen LogP contribution >= 0.6 is 0 Å². The Labute approximate surface area is 151 Å². The third kappa shape index (κ3) is 3.20. The van der Waals surface area contributed by atoms with Crippen LogP contribution in [0.1, 0.15) is 23.5 Å². The van der Waals surface area contributed by atoms with Crippen LogP contribution in [0.5, 0.6) is 0 Å². The molecule has 2 N–H and O–H groups in total. The van der Waals surface area contributed by atoms with Gasteiger partial charge >= 0.3 is 0 Å². The largest absolute Gasteiger partial charge is 0.323 e. The summed E-state index contributed by atoms with van der Waals surface area (Å²) in [6.07, 6.45) is 1.82. The maximum Gasteiger partial charge on any atom is 0.244 e. The minimum absolute atomic E-state index is 0.0308. The van der Waals surface area contributed by atoms with Gasteiger partial charge in [0, 0.05) is 6.54 Å². The second-order valence-electron chi connectivity index (χ2n) is 6.75. The Kier molecular flexibility index (Phi) is 4.42. The van der Waals surface area contributed by atoms with Crippen molar-refractivity contribution in [2.45, 2.75) is 18.8 Å². The molecule has 4 rings (SSSR count). The number of amides is 2. The number of nitrogens with zero attached hydrogens (tertiary/aromatic N) is 1. The minimum Gasteiger partial charge on any atom is -0.323 e. The topological polar surface area (TPSA) is 61.4 Å². The molecule has 1 unspecified atom stereocenters. The zero-order chi connectivity index (χ0) is 18.1. The molecule has 134 valence electrons. The maximum absolute atomic E-state index is 13.3. The highest BCUT2D eigenvalue weighted by Gasteiger charge is 2.27. The van der Waals surface area contributed by atoms with Crippen molar-refractivity contribution in [1.29, 1.82) is 0 Å². The van der Waals surface area contributed by atoms with Gasteiger partial charge in [-0.25, -0.2) is 4.39 Å². The fraction of sp³-hybridized carbons (Fsp3) is 0.300. The summed E-state index contributed by atoms with van der Waals surface area (Å²) in [5, 5.41) is 5.99. The van der Waals surface area contributed by atoms with Crippen molar-refractivity contribution in [3.8, 4) is 0 Å². The average molecular weight is 353 g/mol. The Bertz CT molecular complexity index is 868. The number of halogens is 1. The van der Waals surface area contributed by atoms with Crippen molar-refractivity contribution in [1.82, 2.24) is 5.32 Å². The molecule has 0 aromatic heterocycles. The molecule has 0 bridgehead atoms. The van der Waals surface area contributed by atoms with Crippen LogP contribution in [0.2, 0.25) is 0 Å². The van der Waals surface area contributed by atoms with Crippen molar-refractivity contribution >= 4 is 23.2 Å². The Morgan fingerprint density at radius 3 is 3.00 bits per heavy atom. The van der Waals surface area contributed by atoms with Crippen LogP contribution in [0.15, 0.2) is 42.5 Å². The Morgan fingerprint density at radius 2 is 2.12 bits per heavy atom. The average Bonchev–Trinajstić information content (AvgIpc) is 3.03. The van der Waals surface area contributed by atoms with Gasteiger partial charge in [0.2, 0.25) is 11.8 Å². The maximum atomic E-state index is 13.3. The van der Waals surface area contributed by atoms with E-state index in [0.29, 0.717) is 12.2 Å². The fourth-order valence-electron chi connectivity index (χ4n) is 3.79. The lowest BCUT2D eigenvalue weighted by molar-refractivity contribution is -0.121. The van der Waals surface area contributed by atoms with Crippen LogP contribution in [0.3, 0.4) is 0 Å². The molecular formula is C20H20FN3O2. The standard InChI is InChI=1S/C20H20FN3O2/c21-15-7-8-16-13(9-15)5-6-14(16)10-22-11-20(26)24-12-19(25)23-17-3-1-2-4-18(17)24/h1-4,7-9,14,22H,5-6,10-12H2,(H,23,25). The normalized spacial score (nSPS) is 18.3. The van der Waals surface area contributed by atoms with Gasteiger partial charge < -0.3 is 10.6 Å². The highest BCUT2D eigenvalue weighted by molar-refractivity contribution is 6.10. The van der Waals surface area contributed by atoms with Crippen molar-refractivity contribution in [3.63, 3.8) is 0 Å². The van der Waals surface area contributed by atoms with Gasteiger partial charge in [0.15, 0.2) is 0 Å². The first kappa shape index (κ1) is 16.7. The van der Waals surface area contributed by atoms with Crippen molar-refractivity contribution < 1.29 is 14.0 Å². The smallest absolute Gasteiger partial charge is 0.244 e. The van der Waals surface area contributed by atoms with Gasteiger partial charge in [-0.05, 0) is 54.2 Å². The molecule has 0 saturated carbocycles. The minimum atomic E-state index is -0.199. The number of benzene rings is 2. The second-order valence-corrected chi connectivity index (χ2v) is 6.75. The first-order valence-electron chi connectivity index (χ1n) is 8.80. The fourth-order valence-corrected chi connectivity index (χ4v) is 3.79. The molecule has 1 aliphatic carbocycles. The summed E-state index contributed by atoms with van der Waals surface area (Å²) in [6.45, 7) is 0.851. The summed E-state index contributed by atoms with van der Waals surface area (Å²) in [5.74, 6) is -0.238. The summed E-state index contributed by atoms with van der Waals surface area (Å²) in [7, 11) is 0. The van der Waals surface area contributed by atoms with E-state index in [1.165, 1.54) is 11.0 Å². The van der Waals surface area contributed by atoms with Gasteiger partial charge in [-0.3, -0.25) is 14.5 Å². The number of para-hydroxylation sites is 2. The monoisotopic (exact) mass is 353 g/mol. The number of hydrogen-bond donors (Lipinski definition) is 2. The SMILES string of the molecule is O=C1CN(C(=O)CNCC2CCc3cc(F)ccc32)c2ccccc2N1. The van der Waals surface area contributed by atoms with Crippen molar-refractivity contribution in [2.24, 2.45) is 0 Å². The zero-order valence-corrected chi connectivity index (χ0v) is 14.3. The molecule has 0 radical (unpaired) electrons. The Balaban J connectivity index is 1.38. The summed E-state index contributed by atoms with van der Waals surface area (Å²) in [5.41, 5.74) is 3.60. The highest BCUT2D eigenvalue weighted by Crippen LogP contribution is 2.33. The third-order valence-corrected chi connectivity index (χ3v) is 5.05. The molecule has 0 saturated heterocycles. The number of rotatable bonds is 4. The van der Waals surface area contributed by atoms with E-state index >= 15 is 0 Å². The molecule has 1 aliphatic heterocycles. The molecule has 26 heavy (non-hydrogen) atoms. The summed E-state index contributed by atoms with van der Waals surface area (Å²) in [4.78, 5) is 25.9. The zero-order valence-electron chi connectivity index (χ0n) is 14.3. The first-order valence-corrected chi connectivity index (χ1v) is 8.80. The highest BCUT2D eigenvalue weighted by atomic mass is 19.1. The van der Waals surface area contributed by atoms with Gasteiger partial charge in [-0.1, -0.05) is 18.2 Å². The van der Waals surface area contributed by atoms with Crippen LogP contribution < -0.4 is 15.5 Å². The number of aryl methyl sites for hydroxylation is 1. The number of fused-ring (bicyclic) bond motifs is 2. The van der Waals surface area contributed by atoms with E-state index in [4.69, 9.17) is 0 Å². The van der Waals surface area contributed by atoms with E-state index in [1.54, 1.807) is 12.1 Å². The molecule has 2 aliphatic rings. The van der Waals surface area contributed by atoms with Gasteiger partial charge in [-0.2, -0.15) is 0 Å². The van der Waals surface area contributed by atoms with E-state index in [9.17, 15) is 14.0 Å². The van der Waals surface area contributed by atoms with E-state index < -0.39 is 0 Å². The van der Waals surface area contributed by atoms with Gasteiger partial charge in [0.25, 0.3) is 0 Å². The van der Waals surface area contributed by atoms with E-state index in [0.717, 1.165) is 29.7 Å². The lowest BCUT2D eigenvalue weighted by atomic mass is 10.0. The van der Waals surface area contributed by atoms with Crippen LogP contribution in [-0.4, -0.2) is 31.4 Å². The molecule has 6 heteroatoms. The van der Waals surface area contributed by atoms with Gasteiger partial charge in [0.1, 0.15) is 12.4 Å². The van der Waals surface area contributed by atoms with E-state index in [1.807, 2.05) is 24.3 Å². The van der Waals surface area contributed by atoms with Crippen LogP contribution in [0.25, 0.3) is 0 Å². The lowest BCUT2D eigenvalue weighted by Crippen LogP contribution is -2.46. The summed E-state index contributed by atoms with van der Waals surface area (Å²) in [6, 6.07) is 12.2. The number of nitrogens with one attached hydrogen (secondary N) is 2. The number of hydrogen-bond acceptors (Lipinski definition) is 3. The van der Waals surface area contributed by atoms with E-state index in [-0.39, 0.29) is 36.6 Å². The second kappa shape index (κ2) is 6.88. The molecule has 0 spiro atoms. The van der Waals surface area contributed by atoms with Gasteiger partial charge in [-0.15, -0.1) is 0 Å². The summed E-state index contributed by atoms with van der Waals surface area (Å²) >= 11 is 0.